The number of nitrogens with one attached hydrogen (secondary N) is 1. The largest absolute Gasteiger partial charge is 0.464 e. The highest BCUT2D eigenvalue weighted by Gasteiger charge is 2.20. The van der Waals surface area contributed by atoms with Crippen LogP contribution >= 0.6 is 11.8 Å². The SMILES string of the molecule is CSCc1ccc(CNCCCOCC2CC2)o1. The molecule has 0 atom stereocenters. The first-order valence-corrected chi connectivity index (χ1v) is 8.13. The first kappa shape index (κ1) is 14.0. The minimum Gasteiger partial charge on any atom is -0.464 e. The molecule has 3 nitrogen and oxygen atoms in total. The van der Waals surface area contributed by atoms with Crippen molar-refractivity contribution in [3.63, 3.8) is 0 Å². The molecule has 1 aliphatic rings. The van der Waals surface area contributed by atoms with Crippen LogP contribution in [0.4, 0.5) is 0 Å². The maximum Gasteiger partial charge on any atom is 0.117 e. The van der Waals surface area contributed by atoms with Crippen molar-refractivity contribution in [3.05, 3.63) is 23.7 Å². The van der Waals surface area contributed by atoms with Crippen LogP contribution in [0.15, 0.2) is 16.5 Å². The van der Waals surface area contributed by atoms with Gasteiger partial charge in [-0.2, -0.15) is 11.8 Å². The van der Waals surface area contributed by atoms with Crippen molar-refractivity contribution in [1.29, 1.82) is 0 Å². The molecule has 1 heterocycles. The molecule has 18 heavy (non-hydrogen) atoms. The Hall–Kier alpha value is -0.450. The Labute approximate surface area is 114 Å². The third-order valence-corrected chi connectivity index (χ3v) is 3.57. The topological polar surface area (TPSA) is 34.4 Å². The van der Waals surface area contributed by atoms with Crippen LogP contribution in [0.25, 0.3) is 0 Å². The molecule has 1 aromatic heterocycles. The van der Waals surface area contributed by atoms with E-state index in [9.17, 15) is 0 Å². The molecule has 2 rings (SSSR count). The number of hydrogen-bond acceptors (Lipinski definition) is 4. The van der Waals surface area contributed by atoms with Crippen molar-refractivity contribution in [2.45, 2.75) is 31.6 Å². The molecule has 0 unspecified atom stereocenters. The monoisotopic (exact) mass is 269 g/mol. The van der Waals surface area contributed by atoms with E-state index in [-0.39, 0.29) is 0 Å². The molecule has 0 aliphatic heterocycles. The van der Waals surface area contributed by atoms with Crippen molar-refractivity contribution in [3.8, 4) is 0 Å². The summed E-state index contributed by atoms with van der Waals surface area (Å²) < 4.78 is 11.3. The highest BCUT2D eigenvalue weighted by Crippen LogP contribution is 2.28. The zero-order chi connectivity index (χ0) is 12.6. The summed E-state index contributed by atoms with van der Waals surface area (Å²) in [4.78, 5) is 0. The molecule has 0 radical (unpaired) electrons. The first-order chi connectivity index (χ1) is 8.88. The second-order valence-corrected chi connectivity index (χ2v) is 5.72. The lowest BCUT2D eigenvalue weighted by Gasteiger charge is -2.04. The first-order valence-electron chi connectivity index (χ1n) is 6.73. The van der Waals surface area contributed by atoms with Crippen LogP contribution in [0.1, 0.15) is 30.8 Å². The Balaban J connectivity index is 1.46. The van der Waals surface area contributed by atoms with Crippen molar-refractivity contribution >= 4 is 11.8 Å². The van der Waals surface area contributed by atoms with E-state index in [1.165, 1.54) is 12.8 Å². The van der Waals surface area contributed by atoms with Crippen LogP contribution in [-0.4, -0.2) is 26.0 Å². The fourth-order valence-electron chi connectivity index (χ4n) is 1.78. The van der Waals surface area contributed by atoms with Gasteiger partial charge in [0.15, 0.2) is 0 Å². The maximum absolute atomic E-state index is 5.68. The fourth-order valence-corrected chi connectivity index (χ4v) is 2.22. The van der Waals surface area contributed by atoms with E-state index in [1.54, 1.807) is 11.8 Å². The van der Waals surface area contributed by atoms with E-state index in [4.69, 9.17) is 9.15 Å². The lowest BCUT2D eigenvalue weighted by atomic mass is 10.4. The average Bonchev–Trinajstić information content (AvgIpc) is 3.09. The summed E-state index contributed by atoms with van der Waals surface area (Å²) in [6.07, 6.45) is 5.90. The third-order valence-electron chi connectivity index (χ3n) is 3.00. The van der Waals surface area contributed by atoms with Gasteiger partial charge in [-0.25, -0.2) is 0 Å². The van der Waals surface area contributed by atoms with Gasteiger partial charge in [-0.3, -0.25) is 0 Å². The van der Waals surface area contributed by atoms with Crippen LogP contribution in [0.3, 0.4) is 0 Å². The molecule has 0 spiro atoms. The van der Waals surface area contributed by atoms with Gasteiger partial charge >= 0.3 is 0 Å². The van der Waals surface area contributed by atoms with Crippen molar-refractivity contribution in [1.82, 2.24) is 5.32 Å². The van der Waals surface area contributed by atoms with Gasteiger partial charge in [0.25, 0.3) is 0 Å². The Kier molecular flexibility index (Phi) is 6.11. The van der Waals surface area contributed by atoms with E-state index in [0.717, 1.165) is 55.9 Å². The number of thioether (sulfide) groups is 1. The fraction of sp³-hybridized carbons (Fsp3) is 0.714. The van der Waals surface area contributed by atoms with Gasteiger partial charge in [0.2, 0.25) is 0 Å². The highest BCUT2D eigenvalue weighted by molar-refractivity contribution is 7.97. The highest BCUT2D eigenvalue weighted by atomic mass is 32.2. The van der Waals surface area contributed by atoms with Gasteiger partial charge < -0.3 is 14.5 Å². The molecule has 1 fully saturated rings. The summed E-state index contributed by atoms with van der Waals surface area (Å²) in [6, 6.07) is 4.12. The predicted octanol–water partition coefficient (Wildman–Crippen LogP) is 3.05. The number of ether oxygens (including phenoxy) is 1. The summed E-state index contributed by atoms with van der Waals surface area (Å²) in [5, 5.41) is 3.38. The lowest BCUT2D eigenvalue weighted by Crippen LogP contribution is -2.16. The Morgan fingerprint density at radius 2 is 2.22 bits per heavy atom. The smallest absolute Gasteiger partial charge is 0.117 e. The zero-order valence-corrected chi connectivity index (χ0v) is 11.9. The van der Waals surface area contributed by atoms with Gasteiger partial charge in [0.05, 0.1) is 12.3 Å². The number of furan rings is 1. The molecule has 0 aromatic carbocycles. The minimum atomic E-state index is 0.816. The Morgan fingerprint density at radius 1 is 1.39 bits per heavy atom. The molecule has 102 valence electrons. The van der Waals surface area contributed by atoms with Crippen LogP contribution in [0.5, 0.6) is 0 Å². The third kappa shape index (κ3) is 5.46. The lowest BCUT2D eigenvalue weighted by molar-refractivity contribution is 0.122. The van der Waals surface area contributed by atoms with Crippen LogP contribution < -0.4 is 5.32 Å². The molecule has 0 bridgehead atoms. The molecule has 4 heteroatoms. The van der Waals surface area contributed by atoms with Crippen LogP contribution in [-0.2, 0) is 17.0 Å². The number of hydrogen-bond donors (Lipinski definition) is 1. The summed E-state index contributed by atoms with van der Waals surface area (Å²) in [7, 11) is 0. The van der Waals surface area contributed by atoms with Crippen molar-refractivity contribution < 1.29 is 9.15 Å². The molecule has 0 amide bonds. The van der Waals surface area contributed by atoms with Gasteiger partial charge in [0, 0.05) is 13.2 Å². The van der Waals surface area contributed by atoms with E-state index < -0.39 is 0 Å². The van der Waals surface area contributed by atoms with Crippen molar-refractivity contribution in [2.24, 2.45) is 5.92 Å². The molecule has 1 N–H and O–H groups in total. The summed E-state index contributed by atoms with van der Waals surface area (Å²) in [6.45, 7) is 3.65. The second kappa shape index (κ2) is 7.87. The number of rotatable bonds is 10. The summed E-state index contributed by atoms with van der Waals surface area (Å²) in [5.74, 6) is 3.91. The standard InChI is InChI=1S/C14H23NO2S/c1-18-11-14-6-5-13(17-14)9-15-7-2-8-16-10-12-3-4-12/h5-6,12,15H,2-4,7-11H2,1H3. The van der Waals surface area contributed by atoms with Crippen LogP contribution in [0.2, 0.25) is 0 Å². The quantitative estimate of drug-likeness (QED) is 0.662. The van der Waals surface area contributed by atoms with Gasteiger partial charge in [-0.05, 0) is 50.1 Å². The van der Waals surface area contributed by atoms with Crippen LogP contribution in [0, 0.1) is 5.92 Å². The van der Waals surface area contributed by atoms with E-state index in [1.807, 2.05) is 0 Å². The minimum absolute atomic E-state index is 0.816. The molecular formula is C14H23NO2S. The Bertz CT molecular complexity index is 336. The molecule has 1 saturated carbocycles. The molecule has 1 aromatic rings. The second-order valence-electron chi connectivity index (χ2n) is 4.85. The molecule has 0 saturated heterocycles. The molecule has 1 aliphatic carbocycles. The van der Waals surface area contributed by atoms with Crippen molar-refractivity contribution in [2.75, 3.05) is 26.0 Å². The van der Waals surface area contributed by atoms with Gasteiger partial charge in [0.1, 0.15) is 11.5 Å². The van der Waals surface area contributed by atoms with Gasteiger partial charge in [-0.1, -0.05) is 0 Å². The zero-order valence-electron chi connectivity index (χ0n) is 11.1. The maximum atomic E-state index is 5.68. The van der Waals surface area contributed by atoms with Gasteiger partial charge in [-0.15, -0.1) is 0 Å². The summed E-state index contributed by atoms with van der Waals surface area (Å²) in [5.41, 5.74) is 0. The van der Waals surface area contributed by atoms with E-state index in [2.05, 4.69) is 23.7 Å². The predicted molar refractivity (Wildman–Crippen MR) is 75.8 cm³/mol. The van der Waals surface area contributed by atoms with E-state index >= 15 is 0 Å². The Morgan fingerprint density at radius 3 is 3.00 bits per heavy atom. The summed E-state index contributed by atoms with van der Waals surface area (Å²) >= 11 is 1.78. The normalized spacial score (nSPS) is 15.2. The average molecular weight is 269 g/mol. The molecular weight excluding hydrogens is 246 g/mol. The van der Waals surface area contributed by atoms with E-state index in [0.29, 0.717) is 0 Å².